The minimum absolute atomic E-state index is 0.607. The lowest BCUT2D eigenvalue weighted by Gasteiger charge is -2.02. The first kappa shape index (κ1) is 11.2. The van der Waals surface area contributed by atoms with Crippen LogP contribution in [0.25, 0.3) is 21.5 Å². The molecule has 17 heavy (non-hydrogen) atoms. The lowest BCUT2D eigenvalue weighted by Crippen LogP contribution is -2.03. The van der Waals surface area contributed by atoms with Crippen molar-refractivity contribution in [3.8, 4) is 0 Å². The minimum Gasteiger partial charge on any atom is -0.368 e. The zero-order valence-electron chi connectivity index (χ0n) is 9.41. The Bertz CT molecular complexity index is 553. The van der Waals surface area contributed by atoms with Crippen LogP contribution in [0, 0.1) is 0 Å². The summed E-state index contributed by atoms with van der Waals surface area (Å²) < 4.78 is 0. The van der Waals surface area contributed by atoms with E-state index in [2.05, 4.69) is 37.4 Å². The van der Waals surface area contributed by atoms with Gasteiger partial charge in [-0.25, -0.2) is 9.97 Å². The van der Waals surface area contributed by atoms with E-state index in [0.29, 0.717) is 16.9 Å². The van der Waals surface area contributed by atoms with Crippen LogP contribution in [0.5, 0.6) is 0 Å². The van der Waals surface area contributed by atoms with E-state index in [1.807, 2.05) is 0 Å². The summed E-state index contributed by atoms with van der Waals surface area (Å²) in [5.41, 5.74) is 9.59. The lowest BCUT2D eigenvalue weighted by atomic mass is 10.3. The predicted octanol–water partition coefficient (Wildman–Crippen LogP) is 2.11. The van der Waals surface area contributed by atoms with Gasteiger partial charge in [0, 0.05) is 11.8 Å². The number of rotatable bonds is 5. The molecule has 0 aliphatic rings. The molecular formula is C9H12N8. The largest absolute Gasteiger partial charge is 0.368 e. The van der Waals surface area contributed by atoms with Gasteiger partial charge in [0.05, 0.1) is 0 Å². The molecule has 0 aliphatic carbocycles. The third-order valence-electron chi connectivity index (χ3n) is 2.25. The van der Waals surface area contributed by atoms with Gasteiger partial charge in [-0.15, -0.1) is 5.53 Å². The Morgan fingerprint density at radius 2 is 2.41 bits per heavy atom. The van der Waals surface area contributed by atoms with E-state index in [-0.39, 0.29) is 0 Å². The van der Waals surface area contributed by atoms with E-state index in [0.717, 1.165) is 24.2 Å². The number of azide groups is 1. The molecule has 88 valence electrons. The first-order valence-corrected chi connectivity index (χ1v) is 5.34. The maximum absolute atomic E-state index is 8.33. The van der Waals surface area contributed by atoms with Crippen LogP contribution in [0.2, 0.25) is 0 Å². The first-order chi connectivity index (χ1) is 8.35. The molecule has 2 heterocycles. The van der Waals surface area contributed by atoms with Gasteiger partial charge in [-0.3, -0.25) is 0 Å². The number of nitrogens with zero attached hydrogens (tertiary/aromatic N) is 7. The monoisotopic (exact) mass is 232 g/mol. The minimum atomic E-state index is 0.607. The Morgan fingerprint density at radius 3 is 3.18 bits per heavy atom. The highest BCUT2D eigenvalue weighted by Crippen LogP contribution is 2.16. The van der Waals surface area contributed by atoms with Crippen molar-refractivity contribution in [3.05, 3.63) is 23.0 Å². The number of fused-ring (bicyclic) bond motifs is 1. The van der Waals surface area contributed by atoms with Crippen molar-refractivity contribution in [2.75, 3.05) is 11.9 Å². The highest BCUT2D eigenvalue weighted by molar-refractivity contribution is 5.84. The van der Waals surface area contributed by atoms with Crippen molar-refractivity contribution in [1.29, 1.82) is 0 Å². The van der Waals surface area contributed by atoms with E-state index in [4.69, 9.17) is 5.53 Å². The molecule has 0 saturated heterocycles. The van der Waals surface area contributed by atoms with Crippen LogP contribution in [-0.4, -0.2) is 26.4 Å². The third kappa shape index (κ3) is 2.43. The summed E-state index contributed by atoms with van der Waals surface area (Å²) in [7, 11) is 0. The number of hydrogen-bond acceptors (Lipinski definition) is 5. The Kier molecular flexibility index (Phi) is 3.37. The number of hydrogen-bond donors (Lipinski definition) is 1. The highest BCUT2D eigenvalue weighted by Gasteiger charge is 2.10. The van der Waals surface area contributed by atoms with Crippen molar-refractivity contribution in [2.45, 2.75) is 19.8 Å². The summed E-state index contributed by atoms with van der Waals surface area (Å²) in [5, 5.41) is 10.6. The zero-order chi connectivity index (χ0) is 12.1. The summed E-state index contributed by atoms with van der Waals surface area (Å²) in [5.74, 6) is 0.662. The first-order valence-electron chi connectivity index (χ1n) is 5.34. The smallest absolute Gasteiger partial charge is 0.179 e. The zero-order valence-corrected chi connectivity index (χ0v) is 9.41. The molecule has 0 fully saturated rings. The summed E-state index contributed by atoms with van der Waals surface area (Å²) in [6.07, 6.45) is 5.18. The summed E-state index contributed by atoms with van der Waals surface area (Å²) in [4.78, 5) is 12.0. The van der Waals surface area contributed by atoms with Crippen LogP contribution >= 0.6 is 0 Å². The quantitative estimate of drug-likeness (QED) is 0.369. The molecule has 0 radical (unpaired) electrons. The lowest BCUT2D eigenvalue weighted by molar-refractivity contribution is 0.739. The number of nitrogens with one attached hydrogen (secondary N) is 1. The van der Waals surface area contributed by atoms with Crippen LogP contribution in [-0.2, 0) is 0 Å². The summed E-state index contributed by atoms with van der Waals surface area (Å²) in [6.45, 7) is 2.95. The average molecular weight is 232 g/mol. The molecule has 1 N–H and O–H groups in total. The predicted molar refractivity (Wildman–Crippen MR) is 63.3 cm³/mol. The molecule has 0 atom stereocenters. The highest BCUT2D eigenvalue weighted by atomic mass is 15.6. The fraction of sp³-hybridized carbons (Fsp3) is 0.444. The average Bonchev–Trinajstić information content (AvgIpc) is 2.73. The molecular weight excluding hydrogens is 220 g/mol. The van der Waals surface area contributed by atoms with E-state index < -0.39 is 0 Å². The number of unbranched alkanes of at least 4 members (excludes halogenated alkanes) is 1. The molecule has 2 rings (SSSR count). The van der Waals surface area contributed by atoms with Crippen molar-refractivity contribution in [3.63, 3.8) is 0 Å². The van der Waals surface area contributed by atoms with E-state index in [1.165, 1.54) is 6.33 Å². The second kappa shape index (κ2) is 5.13. The fourth-order valence-electron chi connectivity index (χ4n) is 1.43. The van der Waals surface area contributed by atoms with Crippen LogP contribution < -0.4 is 5.32 Å². The Labute approximate surface area is 97.3 Å². The van der Waals surface area contributed by atoms with E-state index >= 15 is 0 Å². The van der Waals surface area contributed by atoms with Crippen LogP contribution in [0.15, 0.2) is 17.7 Å². The van der Waals surface area contributed by atoms with Gasteiger partial charge >= 0.3 is 0 Å². The molecule has 8 nitrogen and oxygen atoms in total. The van der Waals surface area contributed by atoms with E-state index in [1.54, 1.807) is 6.20 Å². The standard InChI is InChI=1S/C9H12N8/c1-2-3-4-11-9-8-7(12-6-13-9)5-17(14-8)16-15-10/h5-6H,2-4H2,1H3,(H,11,12,13). The van der Waals surface area contributed by atoms with Crippen molar-refractivity contribution >= 4 is 16.9 Å². The number of aromatic nitrogens is 4. The Morgan fingerprint density at radius 1 is 1.53 bits per heavy atom. The Balaban J connectivity index is 2.31. The van der Waals surface area contributed by atoms with Gasteiger partial charge in [-0.05, 0) is 6.42 Å². The molecule has 8 heteroatoms. The van der Waals surface area contributed by atoms with Crippen LogP contribution in [0.1, 0.15) is 19.8 Å². The van der Waals surface area contributed by atoms with Gasteiger partial charge in [0.15, 0.2) is 17.5 Å². The van der Waals surface area contributed by atoms with Gasteiger partial charge in [0.1, 0.15) is 11.8 Å². The normalized spacial score (nSPS) is 10.2. The summed E-state index contributed by atoms with van der Waals surface area (Å²) >= 11 is 0. The second-order valence-electron chi connectivity index (χ2n) is 3.46. The SMILES string of the molecule is CCCCNc1ncnc2cn(N=[N+]=[N-])nc12. The molecule has 2 aromatic rings. The van der Waals surface area contributed by atoms with Gasteiger partial charge < -0.3 is 5.32 Å². The third-order valence-corrected chi connectivity index (χ3v) is 2.25. The van der Waals surface area contributed by atoms with Gasteiger partial charge in [-0.1, -0.05) is 23.2 Å². The van der Waals surface area contributed by atoms with Crippen molar-refractivity contribution in [1.82, 2.24) is 19.9 Å². The second-order valence-corrected chi connectivity index (χ2v) is 3.46. The van der Waals surface area contributed by atoms with Crippen LogP contribution in [0.4, 0.5) is 5.82 Å². The number of anilines is 1. The molecule has 0 aromatic carbocycles. The van der Waals surface area contributed by atoms with Gasteiger partial charge in [-0.2, -0.15) is 4.91 Å². The van der Waals surface area contributed by atoms with Crippen LogP contribution in [0.3, 0.4) is 0 Å². The fourth-order valence-corrected chi connectivity index (χ4v) is 1.43. The molecule has 0 saturated carbocycles. The van der Waals surface area contributed by atoms with Gasteiger partial charge in [0.2, 0.25) is 0 Å². The Hall–Kier alpha value is -2.34. The maximum atomic E-state index is 8.33. The van der Waals surface area contributed by atoms with Crippen molar-refractivity contribution in [2.24, 2.45) is 5.22 Å². The molecule has 0 bridgehead atoms. The topological polar surface area (TPSA) is 104 Å². The van der Waals surface area contributed by atoms with Gasteiger partial charge in [0.25, 0.3) is 0 Å². The molecule has 0 unspecified atom stereocenters. The van der Waals surface area contributed by atoms with E-state index in [9.17, 15) is 0 Å². The van der Waals surface area contributed by atoms with Crippen molar-refractivity contribution < 1.29 is 0 Å². The molecule has 0 amide bonds. The molecule has 2 aromatic heterocycles. The summed E-state index contributed by atoms with van der Waals surface area (Å²) in [6, 6.07) is 0. The maximum Gasteiger partial charge on any atom is 0.179 e. The molecule has 0 spiro atoms. The molecule has 0 aliphatic heterocycles.